The average molecular weight is 411 g/mol. The minimum Gasteiger partial charge on any atom is -0.496 e. The van der Waals surface area contributed by atoms with Crippen LogP contribution in [0, 0.1) is 10.5 Å². The number of methoxy groups -OCH3 is 1. The van der Waals surface area contributed by atoms with Crippen LogP contribution in [0.2, 0.25) is 5.15 Å². The van der Waals surface area contributed by atoms with E-state index in [1.807, 2.05) is 43.3 Å². The number of hydrogen-bond acceptors (Lipinski definition) is 3. The number of aryl methyl sites for hydroxylation is 1. The SMILES string of the molecule is COc1ccc(C)cc1-c1nc(Cl)c2cc(I)ccc2n1. The summed E-state index contributed by atoms with van der Waals surface area (Å²) in [6.45, 7) is 2.02. The molecule has 2 aromatic carbocycles. The number of ether oxygens (including phenoxy) is 1. The summed E-state index contributed by atoms with van der Waals surface area (Å²) in [4.78, 5) is 9.05. The molecule has 0 saturated carbocycles. The van der Waals surface area contributed by atoms with Crippen LogP contribution in [0.1, 0.15) is 5.56 Å². The highest BCUT2D eigenvalue weighted by Gasteiger charge is 2.12. The first-order valence-electron chi connectivity index (χ1n) is 6.36. The molecular weight excluding hydrogens is 399 g/mol. The van der Waals surface area contributed by atoms with Crippen molar-refractivity contribution in [2.75, 3.05) is 7.11 Å². The number of aromatic nitrogens is 2. The Hall–Kier alpha value is -1.40. The van der Waals surface area contributed by atoms with Crippen molar-refractivity contribution in [1.29, 1.82) is 0 Å². The molecule has 0 unspecified atom stereocenters. The van der Waals surface area contributed by atoms with Crippen LogP contribution < -0.4 is 4.74 Å². The molecule has 0 amide bonds. The fraction of sp³-hybridized carbons (Fsp3) is 0.125. The van der Waals surface area contributed by atoms with Crippen LogP contribution in [0.25, 0.3) is 22.3 Å². The monoisotopic (exact) mass is 410 g/mol. The molecule has 0 radical (unpaired) electrons. The van der Waals surface area contributed by atoms with Crippen LogP contribution in [0.3, 0.4) is 0 Å². The molecule has 0 saturated heterocycles. The molecule has 3 aromatic rings. The molecule has 0 aliphatic heterocycles. The molecular formula is C16H12ClIN2O. The number of rotatable bonds is 2. The molecule has 0 aliphatic rings. The molecule has 3 nitrogen and oxygen atoms in total. The molecule has 0 aliphatic carbocycles. The van der Waals surface area contributed by atoms with Crippen molar-refractivity contribution < 1.29 is 4.74 Å². The van der Waals surface area contributed by atoms with Crippen LogP contribution in [0.5, 0.6) is 5.75 Å². The predicted octanol–water partition coefficient (Wildman–Crippen LogP) is 4.87. The largest absolute Gasteiger partial charge is 0.496 e. The van der Waals surface area contributed by atoms with Gasteiger partial charge in [-0.1, -0.05) is 23.2 Å². The molecule has 1 heterocycles. The summed E-state index contributed by atoms with van der Waals surface area (Å²) >= 11 is 8.57. The minimum atomic E-state index is 0.456. The van der Waals surface area contributed by atoms with Gasteiger partial charge in [-0.2, -0.15) is 0 Å². The maximum Gasteiger partial charge on any atom is 0.165 e. The zero-order chi connectivity index (χ0) is 15.0. The molecule has 0 spiro atoms. The molecule has 0 atom stereocenters. The van der Waals surface area contributed by atoms with Gasteiger partial charge >= 0.3 is 0 Å². The first-order valence-corrected chi connectivity index (χ1v) is 7.82. The number of halogens is 2. The summed E-state index contributed by atoms with van der Waals surface area (Å²) in [7, 11) is 1.64. The van der Waals surface area contributed by atoms with Crippen molar-refractivity contribution in [2.24, 2.45) is 0 Å². The first kappa shape index (κ1) is 14.5. The number of nitrogens with zero attached hydrogens (tertiary/aromatic N) is 2. The Morgan fingerprint density at radius 2 is 1.90 bits per heavy atom. The van der Waals surface area contributed by atoms with Gasteiger partial charge in [-0.05, 0) is 59.8 Å². The lowest BCUT2D eigenvalue weighted by Crippen LogP contribution is -1.95. The Morgan fingerprint density at radius 3 is 2.67 bits per heavy atom. The van der Waals surface area contributed by atoms with Crippen LogP contribution in [0.15, 0.2) is 36.4 Å². The van der Waals surface area contributed by atoms with Gasteiger partial charge in [0.2, 0.25) is 0 Å². The fourth-order valence-corrected chi connectivity index (χ4v) is 2.90. The number of benzene rings is 2. The van der Waals surface area contributed by atoms with E-state index in [4.69, 9.17) is 16.3 Å². The Kier molecular flexibility index (Phi) is 3.99. The van der Waals surface area contributed by atoms with Crippen molar-refractivity contribution in [3.8, 4) is 17.1 Å². The predicted molar refractivity (Wildman–Crippen MR) is 94.0 cm³/mol. The molecule has 0 N–H and O–H groups in total. The summed E-state index contributed by atoms with van der Waals surface area (Å²) in [5.41, 5.74) is 2.79. The van der Waals surface area contributed by atoms with Gasteiger partial charge in [-0.25, -0.2) is 9.97 Å². The third kappa shape index (κ3) is 2.82. The third-order valence-corrected chi connectivity index (χ3v) is 4.17. The maximum atomic E-state index is 6.32. The van der Waals surface area contributed by atoms with E-state index in [2.05, 4.69) is 32.6 Å². The lowest BCUT2D eigenvalue weighted by Gasteiger charge is -2.10. The van der Waals surface area contributed by atoms with Gasteiger partial charge in [-0.3, -0.25) is 0 Å². The van der Waals surface area contributed by atoms with Crippen LogP contribution in [0.4, 0.5) is 0 Å². The lowest BCUT2D eigenvalue weighted by molar-refractivity contribution is 0.416. The van der Waals surface area contributed by atoms with Crippen molar-refractivity contribution in [3.05, 3.63) is 50.7 Å². The summed E-state index contributed by atoms with van der Waals surface area (Å²) in [6.07, 6.45) is 0. The average Bonchev–Trinajstić information content (AvgIpc) is 2.47. The minimum absolute atomic E-state index is 0.456. The normalized spacial score (nSPS) is 10.9. The Labute approximate surface area is 141 Å². The number of fused-ring (bicyclic) bond motifs is 1. The van der Waals surface area contributed by atoms with Gasteiger partial charge in [0.1, 0.15) is 10.9 Å². The highest BCUT2D eigenvalue weighted by molar-refractivity contribution is 14.1. The second-order valence-corrected chi connectivity index (χ2v) is 6.31. The van der Waals surface area contributed by atoms with Crippen molar-refractivity contribution in [1.82, 2.24) is 9.97 Å². The molecule has 5 heteroatoms. The van der Waals surface area contributed by atoms with Crippen molar-refractivity contribution in [2.45, 2.75) is 6.92 Å². The van der Waals surface area contributed by atoms with E-state index in [1.54, 1.807) is 7.11 Å². The summed E-state index contributed by atoms with van der Waals surface area (Å²) < 4.78 is 6.50. The fourth-order valence-electron chi connectivity index (χ4n) is 2.18. The van der Waals surface area contributed by atoms with Crippen LogP contribution in [-0.4, -0.2) is 17.1 Å². The Morgan fingerprint density at radius 1 is 1.10 bits per heavy atom. The van der Waals surface area contributed by atoms with Crippen LogP contribution in [-0.2, 0) is 0 Å². The van der Waals surface area contributed by atoms with Gasteiger partial charge in [0.25, 0.3) is 0 Å². The van der Waals surface area contributed by atoms with Crippen molar-refractivity contribution >= 4 is 45.1 Å². The standard InChI is InChI=1S/C16H12ClIN2O/c1-9-3-6-14(21-2)12(7-9)16-19-13-5-4-10(18)8-11(13)15(17)20-16/h3-8H,1-2H3. The van der Waals surface area contributed by atoms with E-state index in [0.717, 1.165) is 31.3 Å². The van der Waals surface area contributed by atoms with Crippen LogP contribution >= 0.6 is 34.2 Å². The summed E-state index contributed by atoms with van der Waals surface area (Å²) in [5, 5.41) is 1.32. The van der Waals surface area contributed by atoms with E-state index in [0.29, 0.717) is 11.0 Å². The summed E-state index contributed by atoms with van der Waals surface area (Å²) in [5.74, 6) is 1.32. The Balaban J connectivity index is 2.26. The number of hydrogen-bond donors (Lipinski definition) is 0. The third-order valence-electron chi connectivity index (χ3n) is 3.21. The molecule has 21 heavy (non-hydrogen) atoms. The van der Waals surface area contributed by atoms with E-state index in [-0.39, 0.29) is 0 Å². The van der Waals surface area contributed by atoms with E-state index >= 15 is 0 Å². The van der Waals surface area contributed by atoms with Gasteiger partial charge in [-0.15, -0.1) is 0 Å². The molecule has 0 bridgehead atoms. The van der Waals surface area contributed by atoms with Gasteiger partial charge in [0, 0.05) is 8.96 Å². The van der Waals surface area contributed by atoms with Gasteiger partial charge < -0.3 is 4.74 Å². The Bertz CT molecular complexity index is 836. The first-order chi connectivity index (χ1) is 10.1. The smallest absolute Gasteiger partial charge is 0.165 e. The highest BCUT2D eigenvalue weighted by atomic mass is 127. The maximum absolute atomic E-state index is 6.32. The van der Waals surface area contributed by atoms with E-state index < -0.39 is 0 Å². The second-order valence-electron chi connectivity index (χ2n) is 4.70. The van der Waals surface area contributed by atoms with Gasteiger partial charge in [0.05, 0.1) is 18.2 Å². The molecule has 106 valence electrons. The lowest BCUT2D eigenvalue weighted by atomic mass is 10.1. The zero-order valence-electron chi connectivity index (χ0n) is 11.5. The summed E-state index contributed by atoms with van der Waals surface area (Å²) in [6, 6.07) is 11.9. The second kappa shape index (κ2) is 5.77. The molecule has 1 aromatic heterocycles. The highest BCUT2D eigenvalue weighted by Crippen LogP contribution is 2.31. The zero-order valence-corrected chi connectivity index (χ0v) is 14.4. The van der Waals surface area contributed by atoms with E-state index in [9.17, 15) is 0 Å². The van der Waals surface area contributed by atoms with Crippen molar-refractivity contribution in [3.63, 3.8) is 0 Å². The molecule has 0 fully saturated rings. The molecule has 3 rings (SSSR count). The van der Waals surface area contributed by atoms with E-state index in [1.165, 1.54) is 0 Å². The quantitative estimate of drug-likeness (QED) is 0.446. The van der Waals surface area contributed by atoms with Gasteiger partial charge in [0.15, 0.2) is 5.82 Å². The topological polar surface area (TPSA) is 35.0 Å².